The van der Waals surface area contributed by atoms with Crippen molar-refractivity contribution >= 4 is 5.91 Å². The van der Waals surface area contributed by atoms with Crippen LogP contribution in [0.15, 0.2) is 36.7 Å². The average Bonchev–Trinajstić information content (AvgIpc) is 3.06. The van der Waals surface area contributed by atoms with Crippen LogP contribution >= 0.6 is 0 Å². The first kappa shape index (κ1) is 17.5. The van der Waals surface area contributed by atoms with Crippen LogP contribution in [0.1, 0.15) is 37.5 Å². The molecule has 1 atom stereocenters. The maximum absolute atomic E-state index is 13.5. The number of piperidine rings is 1. The Hall–Kier alpha value is -2.37. The lowest BCUT2D eigenvalue weighted by Gasteiger charge is -2.34. The minimum absolute atomic E-state index is 0.139. The third-order valence-electron chi connectivity index (χ3n) is 4.63. The van der Waals surface area contributed by atoms with Crippen LogP contribution in [-0.2, 0) is 4.79 Å². The van der Waals surface area contributed by atoms with Crippen LogP contribution in [0.25, 0.3) is 0 Å². The maximum atomic E-state index is 13.5. The number of para-hydroxylation sites is 1. The number of carbonyl (C=O) groups is 1. The van der Waals surface area contributed by atoms with E-state index in [0.29, 0.717) is 25.5 Å². The molecule has 1 aromatic carbocycles. The first-order valence-electron chi connectivity index (χ1n) is 8.79. The summed E-state index contributed by atoms with van der Waals surface area (Å²) >= 11 is 0. The largest absolute Gasteiger partial charge is 0.491 e. The van der Waals surface area contributed by atoms with Crippen LogP contribution in [-0.4, -0.2) is 40.1 Å². The molecule has 0 aliphatic carbocycles. The van der Waals surface area contributed by atoms with Gasteiger partial charge in [0.25, 0.3) is 0 Å². The van der Waals surface area contributed by atoms with E-state index < -0.39 is 0 Å². The number of rotatable bonds is 6. The van der Waals surface area contributed by atoms with Crippen molar-refractivity contribution in [2.75, 3.05) is 19.7 Å². The predicted molar refractivity (Wildman–Crippen MR) is 92.9 cm³/mol. The molecule has 5 nitrogen and oxygen atoms in total. The molecule has 0 bridgehead atoms. The molecule has 2 aromatic rings. The number of aryl methyl sites for hydroxylation is 1. The summed E-state index contributed by atoms with van der Waals surface area (Å²) in [5.74, 6) is 0.990. The Labute approximate surface area is 147 Å². The van der Waals surface area contributed by atoms with Crippen LogP contribution < -0.4 is 4.74 Å². The number of halogens is 1. The number of ether oxygens (including phenoxy) is 1. The number of benzene rings is 1. The molecule has 0 N–H and O–H groups in total. The Morgan fingerprint density at radius 1 is 1.40 bits per heavy atom. The smallest absolute Gasteiger partial charge is 0.222 e. The molecule has 0 saturated carbocycles. The van der Waals surface area contributed by atoms with Gasteiger partial charge in [-0.2, -0.15) is 0 Å². The van der Waals surface area contributed by atoms with Crippen LogP contribution in [0.5, 0.6) is 5.75 Å². The van der Waals surface area contributed by atoms with E-state index in [1.165, 1.54) is 6.07 Å². The number of carbonyl (C=O) groups excluding carboxylic acids is 1. The fourth-order valence-corrected chi connectivity index (χ4v) is 3.31. The summed E-state index contributed by atoms with van der Waals surface area (Å²) in [5, 5.41) is 0. The monoisotopic (exact) mass is 345 g/mol. The minimum Gasteiger partial charge on any atom is -0.491 e. The van der Waals surface area contributed by atoms with Gasteiger partial charge in [0.05, 0.1) is 12.6 Å². The summed E-state index contributed by atoms with van der Waals surface area (Å²) in [5.41, 5.74) is 0. The van der Waals surface area contributed by atoms with Crippen LogP contribution in [0, 0.1) is 12.7 Å². The van der Waals surface area contributed by atoms with Crippen molar-refractivity contribution in [2.45, 2.75) is 38.6 Å². The van der Waals surface area contributed by atoms with Gasteiger partial charge in [-0.15, -0.1) is 0 Å². The van der Waals surface area contributed by atoms with Crippen molar-refractivity contribution in [1.82, 2.24) is 14.5 Å². The third kappa shape index (κ3) is 4.38. The number of nitrogens with zero attached hydrogens (tertiary/aromatic N) is 3. The quantitative estimate of drug-likeness (QED) is 0.754. The number of likely N-dealkylation sites (tertiary alicyclic amines) is 1. The maximum Gasteiger partial charge on any atom is 0.222 e. The zero-order valence-electron chi connectivity index (χ0n) is 14.5. The summed E-state index contributed by atoms with van der Waals surface area (Å²) in [6.07, 6.45) is 6.85. The van der Waals surface area contributed by atoms with Crippen molar-refractivity contribution in [3.63, 3.8) is 0 Å². The molecule has 3 rings (SSSR count). The highest BCUT2D eigenvalue weighted by Gasteiger charge is 2.25. The van der Waals surface area contributed by atoms with Crippen molar-refractivity contribution in [1.29, 1.82) is 0 Å². The van der Waals surface area contributed by atoms with Gasteiger partial charge in [-0.05, 0) is 38.3 Å². The standard InChI is InChI=1S/C19H24FN3O2/c1-15-21-10-12-23(15)16-6-4-11-22(14-16)19(24)9-5-13-25-18-8-3-2-7-17(18)20/h2-3,7-8,10,12,16H,4-6,9,11,13-14H2,1H3/t16-/m0/s1. The van der Waals surface area contributed by atoms with Gasteiger partial charge in [-0.3, -0.25) is 4.79 Å². The molecule has 25 heavy (non-hydrogen) atoms. The molecular weight excluding hydrogens is 321 g/mol. The number of aromatic nitrogens is 2. The lowest BCUT2D eigenvalue weighted by atomic mass is 10.0. The molecule has 6 heteroatoms. The molecule has 1 amide bonds. The van der Waals surface area contributed by atoms with Gasteiger partial charge >= 0.3 is 0 Å². The Morgan fingerprint density at radius 2 is 2.24 bits per heavy atom. The van der Waals surface area contributed by atoms with Gasteiger partial charge in [-0.25, -0.2) is 9.37 Å². The molecule has 0 spiro atoms. The number of hydrogen-bond donors (Lipinski definition) is 0. The number of amides is 1. The van der Waals surface area contributed by atoms with E-state index in [1.54, 1.807) is 24.4 Å². The van der Waals surface area contributed by atoms with E-state index in [-0.39, 0.29) is 17.5 Å². The first-order valence-corrected chi connectivity index (χ1v) is 8.79. The Balaban J connectivity index is 1.45. The molecule has 1 fully saturated rings. The fourth-order valence-electron chi connectivity index (χ4n) is 3.31. The normalized spacial score (nSPS) is 17.5. The zero-order valence-corrected chi connectivity index (χ0v) is 14.5. The fraction of sp³-hybridized carbons (Fsp3) is 0.474. The highest BCUT2D eigenvalue weighted by atomic mass is 19.1. The number of imidazole rings is 1. The summed E-state index contributed by atoms with van der Waals surface area (Å²) < 4.78 is 21.0. The summed E-state index contributed by atoms with van der Waals surface area (Å²) in [7, 11) is 0. The molecule has 1 aliphatic rings. The SMILES string of the molecule is Cc1nccn1[C@H]1CCCN(C(=O)CCCOc2ccccc2F)C1. The van der Waals surface area contributed by atoms with Crippen molar-refractivity contribution < 1.29 is 13.9 Å². The van der Waals surface area contributed by atoms with Gasteiger partial charge in [0, 0.05) is 31.9 Å². The highest BCUT2D eigenvalue weighted by Crippen LogP contribution is 2.23. The van der Waals surface area contributed by atoms with E-state index in [2.05, 4.69) is 9.55 Å². The molecular formula is C19H24FN3O2. The van der Waals surface area contributed by atoms with Gasteiger partial charge in [-0.1, -0.05) is 12.1 Å². The van der Waals surface area contributed by atoms with Gasteiger partial charge in [0.1, 0.15) is 5.82 Å². The van der Waals surface area contributed by atoms with Crippen molar-refractivity contribution in [3.05, 3.63) is 48.3 Å². The molecule has 2 heterocycles. The minimum atomic E-state index is -0.372. The van der Waals surface area contributed by atoms with E-state index in [1.807, 2.05) is 18.0 Å². The van der Waals surface area contributed by atoms with E-state index in [4.69, 9.17) is 4.74 Å². The molecule has 1 aromatic heterocycles. The molecule has 0 radical (unpaired) electrons. The average molecular weight is 345 g/mol. The van der Waals surface area contributed by atoms with Crippen LogP contribution in [0.4, 0.5) is 4.39 Å². The predicted octanol–water partition coefficient (Wildman–Crippen LogP) is 3.35. The Bertz CT molecular complexity index is 716. The second-order valence-electron chi connectivity index (χ2n) is 6.40. The van der Waals surface area contributed by atoms with Crippen LogP contribution in [0.2, 0.25) is 0 Å². The van der Waals surface area contributed by atoms with Gasteiger partial charge in [0.2, 0.25) is 5.91 Å². The van der Waals surface area contributed by atoms with E-state index in [0.717, 1.165) is 31.8 Å². The van der Waals surface area contributed by atoms with Gasteiger partial charge in [0.15, 0.2) is 11.6 Å². The molecule has 0 unspecified atom stereocenters. The second-order valence-corrected chi connectivity index (χ2v) is 6.40. The Kier molecular flexibility index (Phi) is 5.68. The van der Waals surface area contributed by atoms with Crippen molar-refractivity contribution in [3.8, 4) is 5.75 Å². The van der Waals surface area contributed by atoms with Crippen molar-refractivity contribution in [2.24, 2.45) is 0 Å². The third-order valence-corrected chi connectivity index (χ3v) is 4.63. The summed E-state index contributed by atoms with van der Waals surface area (Å²) in [6, 6.07) is 6.62. The molecule has 1 aliphatic heterocycles. The first-order chi connectivity index (χ1) is 12.1. The summed E-state index contributed by atoms with van der Waals surface area (Å²) in [4.78, 5) is 18.6. The zero-order chi connectivity index (χ0) is 17.6. The molecule has 134 valence electrons. The number of hydrogen-bond acceptors (Lipinski definition) is 3. The van der Waals surface area contributed by atoms with E-state index in [9.17, 15) is 9.18 Å². The topological polar surface area (TPSA) is 47.4 Å². The van der Waals surface area contributed by atoms with Crippen LogP contribution in [0.3, 0.4) is 0 Å². The summed E-state index contributed by atoms with van der Waals surface area (Å²) in [6.45, 7) is 3.85. The highest BCUT2D eigenvalue weighted by molar-refractivity contribution is 5.76. The van der Waals surface area contributed by atoms with E-state index >= 15 is 0 Å². The second kappa shape index (κ2) is 8.14. The lowest BCUT2D eigenvalue weighted by Crippen LogP contribution is -2.40. The molecule has 1 saturated heterocycles. The Morgan fingerprint density at radius 3 is 3.00 bits per heavy atom. The van der Waals surface area contributed by atoms with Gasteiger partial charge < -0.3 is 14.2 Å². The lowest BCUT2D eigenvalue weighted by molar-refractivity contribution is -0.133.